The molecule has 5 nitrogen and oxygen atoms in total. The first-order valence-electron chi connectivity index (χ1n) is 7.84. The van der Waals surface area contributed by atoms with Gasteiger partial charge in [0.15, 0.2) is 0 Å². The van der Waals surface area contributed by atoms with Crippen molar-refractivity contribution in [2.45, 2.75) is 13.5 Å². The summed E-state index contributed by atoms with van der Waals surface area (Å²) in [6.07, 6.45) is 3.04. The summed E-state index contributed by atoms with van der Waals surface area (Å²) in [5.74, 6) is 0.971. The number of benzene rings is 1. The molecule has 2 aromatic rings. The second-order valence-electron chi connectivity index (χ2n) is 5.90. The molecule has 2 heterocycles. The van der Waals surface area contributed by atoms with Gasteiger partial charge in [0, 0.05) is 38.3 Å². The Balaban J connectivity index is 1.59. The summed E-state index contributed by atoms with van der Waals surface area (Å²) in [6, 6.07) is 7.96. The Morgan fingerprint density at radius 3 is 2.65 bits per heavy atom. The zero-order valence-electron chi connectivity index (χ0n) is 13.6. The second-order valence-corrected chi connectivity index (χ2v) is 5.90. The van der Waals surface area contributed by atoms with E-state index in [1.807, 2.05) is 11.0 Å². The molecule has 0 atom stereocenters. The SMILES string of the molecule is COc1ccc(C)cc1CN1CCN(C(=O)c2ccoc2)CC1. The van der Waals surface area contributed by atoms with E-state index in [9.17, 15) is 4.79 Å². The minimum absolute atomic E-state index is 0.0477. The highest BCUT2D eigenvalue weighted by atomic mass is 16.5. The van der Waals surface area contributed by atoms with Crippen LogP contribution in [-0.4, -0.2) is 49.0 Å². The maximum absolute atomic E-state index is 12.3. The fourth-order valence-corrected chi connectivity index (χ4v) is 2.95. The van der Waals surface area contributed by atoms with Gasteiger partial charge in [0.1, 0.15) is 12.0 Å². The van der Waals surface area contributed by atoms with E-state index in [-0.39, 0.29) is 5.91 Å². The monoisotopic (exact) mass is 314 g/mol. The Morgan fingerprint density at radius 2 is 2.00 bits per heavy atom. The van der Waals surface area contributed by atoms with Crippen molar-refractivity contribution in [3.05, 3.63) is 53.5 Å². The second kappa shape index (κ2) is 6.87. The fourth-order valence-electron chi connectivity index (χ4n) is 2.95. The number of rotatable bonds is 4. The van der Waals surface area contributed by atoms with Crippen LogP contribution in [0.2, 0.25) is 0 Å². The molecular formula is C18H22N2O3. The number of hydrogen-bond acceptors (Lipinski definition) is 4. The van der Waals surface area contributed by atoms with Crippen LogP contribution in [-0.2, 0) is 6.54 Å². The smallest absolute Gasteiger partial charge is 0.257 e. The van der Waals surface area contributed by atoms with Gasteiger partial charge < -0.3 is 14.1 Å². The predicted molar refractivity (Wildman–Crippen MR) is 87.6 cm³/mol. The number of ether oxygens (including phenoxy) is 1. The van der Waals surface area contributed by atoms with Crippen molar-refractivity contribution >= 4 is 5.91 Å². The Morgan fingerprint density at radius 1 is 1.22 bits per heavy atom. The summed E-state index contributed by atoms with van der Waals surface area (Å²) in [5, 5.41) is 0. The third-order valence-corrected chi connectivity index (χ3v) is 4.26. The Hall–Kier alpha value is -2.27. The van der Waals surface area contributed by atoms with E-state index in [1.165, 1.54) is 23.7 Å². The van der Waals surface area contributed by atoms with Crippen molar-refractivity contribution in [1.29, 1.82) is 0 Å². The number of piperazine rings is 1. The molecule has 1 aromatic heterocycles. The van der Waals surface area contributed by atoms with E-state index < -0.39 is 0 Å². The van der Waals surface area contributed by atoms with Crippen molar-refractivity contribution in [1.82, 2.24) is 9.80 Å². The third-order valence-electron chi connectivity index (χ3n) is 4.26. The molecule has 1 saturated heterocycles. The molecular weight excluding hydrogens is 292 g/mol. The molecule has 1 aliphatic heterocycles. The summed E-state index contributed by atoms with van der Waals surface area (Å²) in [5.41, 5.74) is 3.05. The van der Waals surface area contributed by atoms with Crippen LogP contribution >= 0.6 is 0 Å². The van der Waals surface area contributed by atoms with Gasteiger partial charge in [-0.05, 0) is 19.1 Å². The van der Waals surface area contributed by atoms with E-state index >= 15 is 0 Å². The molecule has 23 heavy (non-hydrogen) atoms. The van der Waals surface area contributed by atoms with Crippen LogP contribution < -0.4 is 4.74 Å². The first-order valence-corrected chi connectivity index (χ1v) is 7.84. The van der Waals surface area contributed by atoms with E-state index in [0.29, 0.717) is 5.56 Å². The van der Waals surface area contributed by atoms with Crippen LogP contribution in [0.15, 0.2) is 41.2 Å². The normalized spacial score (nSPS) is 15.7. The highest BCUT2D eigenvalue weighted by Gasteiger charge is 2.23. The number of aryl methyl sites for hydroxylation is 1. The largest absolute Gasteiger partial charge is 0.496 e. The van der Waals surface area contributed by atoms with Gasteiger partial charge in [0.05, 0.1) is 18.9 Å². The van der Waals surface area contributed by atoms with Crippen LogP contribution in [0.4, 0.5) is 0 Å². The molecule has 3 rings (SSSR count). The standard InChI is InChI=1S/C18H22N2O3/c1-14-3-4-17(22-2)16(11-14)12-19-6-8-20(9-7-19)18(21)15-5-10-23-13-15/h3-5,10-11,13H,6-9,12H2,1-2H3. The molecule has 0 N–H and O–H groups in total. The van der Waals surface area contributed by atoms with Crippen molar-refractivity contribution < 1.29 is 13.9 Å². The number of carbonyl (C=O) groups is 1. The highest BCUT2D eigenvalue weighted by Crippen LogP contribution is 2.22. The summed E-state index contributed by atoms with van der Waals surface area (Å²) < 4.78 is 10.4. The van der Waals surface area contributed by atoms with Crippen LogP contribution in [0.25, 0.3) is 0 Å². The average molecular weight is 314 g/mol. The first-order chi connectivity index (χ1) is 11.2. The van der Waals surface area contributed by atoms with Gasteiger partial charge in [0.25, 0.3) is 5.91 Å². The average Bonchev–Trinajstić information content (AvgIpc) is 3.10. The highest BCUT2D eigenvalue weighted by molar-refractivity contribution is 5.93. The molecule has 5 heteroatoms. The van der Waals surface area contributed by atoms with E-state index in [2.05, 4.69) is 24.0 Å². The Labute approximate surface area is 136 Å². The van der Waals surface area contributed by atoms with Crippen LogP contribution in [0.5, 0.6) is 5.75 Å². The lowest BCUT2D eigenvalue weighted by atomic mass is 10.1. The number of nitrogens with zero attached hydrogens (tertiary/aromatic N) is 2. The number of amides is 1. The number of carbonyl (C=O) groups excluding carboxylic acids is 1. The van der Waals surface area contributed by atoms with E-state index in [4.69, 9.17) is 9.15 Å². The minimum Gasteiger partial charge on any atom is -0.496 e. The van der Waals surface area contributed by atoms with Crippen LogP contribution in [0.3, 0.4) is 0 Å². The molecule has 122 valence electrons. The van der Waals surface area contributed by atoms with Gasteiger partial charge in [-0.1, -0.05) is 17.7 Å². The van der Waals surface area contributed by atoms with E-state index in [1.54, 1.807) is 13.2 Å². The lowest BCUT2D eigenvalue weighted by Crippen LogP contribution is -2.48. The summed E-state index contributed by atoms with van der Waals surface area (Å²) in [7, 11) is 1.70. The predicted octanol–water partition coefficient (Wildman–Crippen LogP) is 2.55. The minimum atomic E-state index is 0.0477. The van der Waals surface area contributed by atoms with Gasteiger partial charge in [-0.15, -0.1) is 0 Å². The summed E-state index contributed by atoms with van der Waals surface area (Å²) >= 11 is 0. The first kappa shape index (κ1) is 15.6. The van der Waals surface area contributed by atoms with Gasteiger partial charge >= 0.3 is 0 Å². The van der Waals surface area contributed by atoms with Gasteiger partial charge in [-0.25, -0.2) is 0 Å². The molecule has 0 saturated carbocycles. The molecule has 0 bridgehead atoms. The maximum Gasteiger partial charge on any atom is 0.257 e. The quantitative estimate of drug-likeness (QED) is 0.870. The zero-order chi connectivity index (χ0) is 16.2. The molecule has 1 amide bonds. The Bertz CT molecular complexity index is 659. The van der Waals surface area contributed by atoms with Crippen molar-refractivity contribution in [3.8, 4) is 5.75 Å². The van der Waals surface area contributed by atoms with E-state index in [0.717, 1.165) is 38.5 Å². The molecule has 1 aliphatic rings. The summed E-state index contributed by atoms with van der Waals surface area (Å²) in [6.45, 7) is 6.13. The lowest BCUT2D eigenvalue weighted by molar-refractivity contribution is 0.0626. The zero-order valence-corrected chi connectivity index (χ0v) is 13.6. The number of furan rings is 1. The molecule has 0 spiro atoms. The Kier molecular flexibility index (Phi) is 4.67. The van der Waals surface area contributed by atoms with Crippen molar-refractivity contribution in [3.63, 3.8) is 0 Å². The summed E-state index contributed by atoms with van der Waals surface area (Å²) in [4.78, 5) is 16.5. The van der Waals surface area contributed by atoms with Gasteiger partial charge in [-0.2, -0.15) is 0 Å². The molecule has 1 fully saturated rings. The molecule has 0 radical (unpaired) electrons. The molecule has 1 aromatic carbocycles. The lowest BCUT2D eigenvalue weighted by Gasteiger charge is -2.34. The molecule has 0 aliphatic carbocycles. The molecule has 0 unspecified atom stereocenters. The number of methoxy groups -OCH3 is 1. The van der Waals surface area contributed by atoms with Crippen LogP contribution in [0, 0.1) is 6.92 Å². The maximum atomic E-state index is 12.3. The van der Waals surface area contributed by atoms with Gasteiger partial charge in [-0.3, -0.25) is 9.69 Å². The number of hydrogen-bond donors (Lipinski definition) is 0. The topological polar surface area (TPSA) is 45.9 Å². The van der Waals surface area contributed by atoms with Crippen LogP contribution in [0.1, 0.15) is 21.5 Å². The van der Waals surface area contributed by atoms with Crippen molar-refractivity contribution in [2.75, 3.05) is 33.3 Å². The third kappa shape index (κ3) is 3.56. The van der Waals surface area contributed by atoms with Gasteiger partial charge in [0.2, 0.25) is 0 Å². The van der Waals surface area contributed by atoms with Crippen molar-refractivity contribution in [2.24, 2.45) is 0 Å². The fraction of sp³-hybridized carbons (Fsp3) is 0.389.